The fraction of sp³-hybridized carbons (Fsp3) is 0.667. The molecule has 0 saturated carbocycles. The first-order valence-corrected chi connectivity index (χ1v) is 12.6. The smallest absolute Gasteiger partial charge is 0.230 e. The second-order valence-corrected chi connectivity index (χ2v) is 10.2. The second-order valence-electron chi connectivity index (χ2n) is 8.13. The lowest BCUT2D eigenvalue weighted by molar-refractivity contribution is -0.118. The molecule has 0 radical (unpaired) electrons. The van der Waals surface area contributed by atoms with E-state index in [2.05, 4.69) is 22.1 Å². The van der Waals surface area contributed by atoms with Gasteiger partial charge in [0.15, 0.2) is 5.16 Å². The van der Waals surface area contributed by atoms with Crippen LogP contribution in [0, 0.1) is 5.92 Å². The summed E-state index contributed by atoms with van der Waals surface area (Å²) in [4.78, 5) is 26.2. The van der Waals surface area contributed by atoms with E-state index in [1.165, 1.54) is 54.3 Å². The van der Waals surface area contributed by atoms with Crippen molar-refractivity contribution in [2.75, 3.05) is 37.7 Å². The Bertz CT molecular complexity index is 862. The Labute approximate surface area is 181 Å². The predicted octanol–water partition coefficient (Wildman–Crippen LogP) is 3.48. The summed E-state index contributed by atoms with van der Waals surface area (Å²) in [5, 5.41) is 4.67. The molecule has 1 saturated heterocycles. The predicted molar refractivity (Wildman–Crippen MR) is 122 cm³/mol. The molecule has 2 aromatic rings. The first-order chi connectivity index (χ1) is 14.1. The largest absolute Gasteiger partial charge is 0.383 e. The Kier molecular flexibility index (Phi) is 6.92. The first-order valence-electron chi connectivity index (χ1n) is 10.8. The highest BCUT2D eigenvalue weighted by Gasteiger charge is 2.24. The molecule has 1 atom stereocenters. The molecule has 4 rings (SSSR count). The van der Waals surface area contributed by atoms with Gasteiger partial charge in [-0.1, -0.05) is 31.5 Å². The van der Waals surface area contributed by atoms with Crippen molar-refractivity contribution in [1.82, 2.24) is 20.2 Å². The average Bonchev–Trinajstić information content (AvgIpc) is 3.11. The molecule has 3 N–H and O–H groups in total. The molecule has 2 aromatic heterocycles. The van der Waals surface area contributed by atoms with Gasteiger partial charge >= 0.3 is 0 Å². The van der Waals surface area contributed by atoms with Crippen molar-refractivity contribution in [1.29, 1.82) is 0 Å². The van der Waals surface area contributed by atoms with Gasteiger partial charge in [-0.2, -0.15) is 0 Å². The van der Waals surface area contributed by atoms with Crippen LogP contribution in [0.5, 0.6) is 0 Å². The van der Waals surface area contributed by atoms with Crippen LogP contribution in [0.2, 0.25) is 0 Å². The molecule has 0 aromatic carbocycles. The Balaban J connectivity index is 1.33. The minimum absolute atomic E-state index is 0.0329. The molecule has 2 aliphatic rings. The number of fused-ring (bicyclic) bond motifs is 3. The van der Waals surface area contributed by atoms with Crippen LogP contribution in [0.15, 0.2) is 5.16 Å². The summed E-state index contributed by atoms with van der Waals surface area (Å²) >= 11 is 3.13. The number of thioether (sulfide) groups is 1. The lowest BCUT2D eigenvalue weighted by Crippen LogP contribution is -2.38. The Hall–Kier alpha value is -1.38. The second kappa shape index (κ2) is 9.62. The van der Waals surface area contributed by atoms with Crippen molar-refractivity contribution in [2.24, 2.45) is 5.92 Å². The van der Waals surface area contributed by atoms with Crippen LogP contribution in [-0.4, -0.2) is 52.7 Å². The number of piperidine rings is 1. The summed E-state index contributed by atoms with van der Waals surface area (Å²) in [6, 6.07) is 0. The standard InChI is InChI=1S/C21H31N5OS2/c1-2-14-6-7-15-16(12-14)29-20-18(15)19(22)24-21(25-20)28-13-17(27)23-8-11-26-9-4-3-5-10-26/h14H,2-13H2,1H3,(H,23,27)(H2,22,24,25). The Morgan fingerprint density at radius 1 is 1.31 bits per heavy atom. The van der Waals surface area contributed by atoms with Crippen molar-refractivity contribution >= 4 is 45.0 Å². The SMILES string of the molecule is CCC1CCc2c(sc3nc(SCC(=O)NCCN4CCCCC4)nc(N)c23)C1. The monoisotopic (exact) mass is 433 g/mol. The maximum Gasteiger partial charge on any atom is 0.230 e. The topological polar surface area (TPSA) is 84.1 Å². The van der Waals surface area contributed by atoms with Crippen molar-refractivity contribution in [3.63, 3.8) is 0 Å². The van der Waals surface area contributed by atoms with Crippen molar-refractivity contribution in [2.45, 2.75) is 57.0 Å². The highest BCUT2D eigenvalue weighted by Crippen LogP contribution is 2.40. The number of rotatable bonds is 7. The molecule has 1 amide bonds. The number of aromatic nitrogens is 2. The van der Waals surface area contributed by atoms with E-state index in [1.54, 1.807) is 11.3 Å². The number of nitrogen functional groups attached to an aromatic ring is 1. The molecule has 1 aliphatic heterocycles. The van der Waals surface area contributed by atoms with Gasteiger partial charge < -0.3 is 16.0 Å². The van der Waals surface area contributed by atoms with Gasteiger partial charge in [-0.05, 0) is 56.7 Å². The molecule has 158 valence electrons. The van der Waals surface area contributed by atoms with Gasteiger partial charge in [-0.15, -0.1) is 11.3 Å². The molecule has 1 fully saturated rings. The highest BCUT2D eigenvalue weighted by molar-refractivity contribution is 7.99. The molecule has 0 bridgehead atoms. The minimum Gasteiger partial charge on any atom is -0.383 e. The molecular weight excluding hydrogens is 402 g/mol. The number of nitrogens with zero attached hydrogens (tertiary/aromatic N) is 3. The number of likely N-dealkylation sites (tertiary alicyclic amines) is 1. The fourth-order valence-corrected chi connectivity index (χ4v) is 6.46. The third-order valence-electron chi connectivity index (χ3n) is 6.13. The van der Waals surface area contributed by atoms with E-state index < -0.39 is 0 Å². The van der Waals surface area contributed by atoms with Crippen LogP contribution < -0.4 is 11.1 Å². The van der Waals surface area contributed by atoms with Crippen LogP contribution in [0.25, 0.3) is 10.2 Å². The van der Waals surface area contributed by atoms with Gasteiger partial charge in [0.2, 0.25) is 5.91 Å². The summed E-state index contributed by atoms with van der Waals surface area (Å²) in [6.45, 7) is 6.22. The number of anilines is 1. The molecule has 0 spiro atoms. The number of amides is 1. The van der Waals surface area contributed by atoms with Crippen LogP contribution >= 0.6 is 23.1 Å². The zero-order valence-electron chi connectivity index (χ0n) is 17.2. The van der Waals surface area contributed by atoms with E-state index in [0.29, 0.717) is 23.3 Å². The molecule has 3 heterocycles. The van der Waals surface area contributed by atoms with Gasteiger partial charge in [0, 0.05) is 18.0 Å². The number of carbonyl (C=O) groups excluding carboxylic acids is 1. The molecular formula is C21H31N5OS2. The summed E-state index contributed by atoms with van der Waals surface area (Å²) in [7, 11) is 0. The lowest BCUT2D eigenvalue weighted by Gasteiger charge is -2.26. The van der Waals surface area contributed by atoms with Gasteiger partial charge in [0.25, 0.3) is 0 Å². The molecule has 1 aliphatic carbocycles. The third kappa shape index (κ3) is 5.03. The molecule has 8 heteroatoms. The number of aryl methyl sites for hydroxylation is 1. The zero-order chi connectivity index (χ0) is 20.2. The van der Waals surface area contributed by atoms with Gasteiger partial charge in [-0.3, -0.25) is 4.79 Å². The lowest BCUT2D eigenvalue weighted by atomic mass is 9.86. The maximum atomic E-state index is 12.2. The van der Waals surface area contributed by atoms with Crippen molar-refractivity contribution < 1.29 is 4.79 Å². The van der Waals surface area contributed by atoms with E-state index >= 15 is 0 Å². The number of carbonyl (C=O) groups is 1. The van der Waals surface area contributed by atoms with Crippen LogP contribution in [0.4, 0.5) is 5.82 Å². The van der Waals surface area contributed by atoms with E-state index in [4.69, 9.17) is 10.7 Å². The summed E-state index contributed by atoms with van der Waals surface area (Å²) in [5.74, 6) is 1.70. The van der Waals surface area contributed by atoms with Gasteiger partial charge in [-0.25, -0.2) is 9.97 Å². The first kappa shape index (κ1) is 20.9. The fourth-order valence-electron chi connectivity index (χ4n) is 4.38. The van der Waals surface area contributed by atoms with Gasteiger partial charge in [0.05, 0.1) is 11.1 Å². The van der Waals surface area contributed by atoms with E-state index in [1.807, 2.05) is 0 Å². The minimum atomic E-state index is 0.0329. The zero-order valence-corrected chi connectivity index (χ0v) is 18.8. The molecule has 29 heavy (non-hydrogen) atoms. The quantitative estimate of drug-likeness (QED) is 0.514. The van der Waals surface area contributed by atoms with Gasteiger partial charge in [0.1, 0.15) is 10.6 Å². The van der Waals surface area contributed by atoms with E-state index in [9.17, 15) is 4.79 Å². The normalized spacial score (nSPS) is 20.0. The van der Waals surface area contributed by atoms with Crippen molar-refractivity contribution in [3.8, 4) is 0 Å². The van der Waals surface area contributed by atoms with Crippen LogP contribution in [0.1, 0.15) is 49.5 Å². The highest BCUT2D eigenvalue weighted by atomic mass is 32.2. The number of hydrogen-bond donors (Lipinski definition) is 2. The summed E-state index contributed by atoms with van der Waals surface area (Å²) in [5.41, 5.74) is 7.66. The average molecular weight is 434 g/mol. The summed E-state index contributed by atoms with van der Waals surface area (Å²) < 4.78 is 0. The number of thiophene rings is 1. The summed E-state index contributed by atoms with van der Waals surface area (Å²) in [6.07, 6.45) is 8.54. The third-order valence-corrected chi connectivity index (χ3v) is 8.12. The van der Waals surface area contributed by atoms with E-state index in [0.717, 1.165) is 48.6 Å². The van der Waals surface area contributed by atoms with Crippen LogP contribution in [-0.2, 0) is 17.6 Å². The Morgan fingerprint density at radius 3 is 2.93 bits per heavy atom. The molecule has 6 nitrogen and oxygen atoms in total. The number of nitrogens with two attached hydrogens (primary N) is 1. The van der Waals surface area contributed by atoms with E-state index in [-0.39, 0.29) is 5.91 Å². The molecule has 1 unspecified atom stereocenters. The number of hydrogen-bond acceptors (Lipinski definition) is 7. The van der Waals surface area contributed by atoms with Crippen molar-refractivity contribution in [3.05, 3.63) is 10.4 Å². The maximum absolute atomic E-state index is 12.2. The number of nitrogens with one attached hydrogen (secondary N) is 1. The Morgan fingerprint density at radius 2 is 2.14 bits per heavy atom. The van der Waals surface area contributed by atoms with Crippen LogP contribution in [0.3, 0.4) is 0 Å².